The predicted molar refractivity (Wildman–Crippen MR) is 124 cm³/mol. The van der Waals surface area contributed by atoms with Crippen LogP contribution in [0.2, 0.25) is 0 Å². The Morgan fingerprint density at radius 1 is 1.06 bits per heavy atom. The zero-order chi connectivity index (χ0) is 22.9. The molecule has 0 unspecified atom stereocenters. The fourth-order valence-corrected chi connectivity index (χ4v) is 3.84. The highest BCUT2D eigenvalue weighted by atomic mass is 16.6. The van der Waals surface area contributed by atoms with Crippen LogP contribution in [0.4, 0.5) is 5.69 Å². The number of amides is 1. The fourth-order valence-electron chi connectivity index (χ4n) is 3.84. The summed E-state index contributed by atoms with van der Waals surface area (Å²) >= 11 is 0. The minimum atomic E-state index is -0.422. The number of carbonyl (C=O) groups is 1. The molecular formula is C25H18N4O4. The third-order valence-corrected chi connectivity index (χ3v) is 5.47. The number of nitro benzene ring substituents is 1. The Kier molecular flexibility index (Phi) is 5.02. The number of carbonyl (C=O) groups excluding carboxylic acids is 1. The summed E-state index contributed by atoms with van der Waals surface area (Å²) in [6.45, 7) is 1.68. The van der Waals surface area contributed by atoms with E-state index in [9.17, 15) is 14.9 Å². The first-order chi connectivity index (χ1) is 16.0. The molecule has 0 atom stereocenters. The molecular weight excluding hydrogens is 420 g/mol. The van der Waals surface area contributed by atoms with Gasteiger partial charge in [0, 0.05) is 35.9 Å². The van der Waals surface area contributed by atoms with Crippen LogP contribution in [0.5, 0.6) is 0 Å². The van der Waals surface area contributed by atoms with Gasteiger partial charge in [-0.15, -0.1) is 0 Å². The minimum absolute atomic E-state index is 0.00109. The smallest absolute Gasteiger partial charge is 0.282 e. The number of rotatable bonds is 5. The molecule has 2 aromatic carbocycles. The van der Waals surface area contributed by atoms with Crippen LogP contribution < -0.4 is 0 Å². The fraction of sp³-hybridized carbons (Fsp3) is 0.0800. The maximum Gasteiger partial charge on any atom is 0.282 e. The Hall–Kier alpha value is -4.59. The second-order valence-electron chi connectivity index (χ2n) is 7.60. The molecule has 0 N–H and O–H groups in total. The summed E-state index contributed by atoms with van der Waals surface area (Å²) in [7, 11) is 0. The quantitative estimate of drug-likeness (QED) is 0.325. The van der Waals surface area contributed by atoms with E-state index in [1.54, 1.807) is 43.5 Å². The van der Waals surface area contributed by atoms with Crippen molar-refractivity contribution in [1.82, 2.24) is 4.90 Å². The van der Waals surface area contributed by atoms with Gasteiger partial charge in [-0.3, -0.25) is 19.8 Å². The van der Waals surface area contributed by atoms with Gasteiger partial charge in [0.1, 0.15) is 11.5 Å². The highest BCUT2D eigenvalue weighted by molar-refractivity contribution is 6.48. The number of nitro groups is 1. The molecule has 0 fully saturated rings. The van der Waals surface area contributed by atoms with Crippen molar-refractivity contribution in [2.75, 3.05) is 0 Å². The molecule has 0 radical (unpaired) electrons. The second-order valence-corrected chi connectivity index (χ2v) is 7.60. The Morgan fingerprint density at radius 2 is 1.88 bits per heavy atom. The summed E-state index contributed by atoms with van der Waals surface area (Å²) in [6, 6.07) is 18.0. The van der Waals surface area contributed by atoms with Crippen molar-refractivity contribution in [3.05, 3.63) is 111 Å². The Labute approximate surface area is 189 Å². The van der Waals surface area contributed by atoms with E-state index in [2.05, 4.69) is 4.99 Å². The van der Waals surface area contributed by atoms with Crippen molar-refractivity contribution in [1.29, 1.82) is 0 Å². The van der Waals surface area contributed by atoms with E-state index >= 15 is 0 Å². The monoisotopic (exact) mass is 438 g/mol. The van der Waals surface area contributed by atoms with Gasteiger partial charge in [0.2, 0.25) is 0 Å². The van der Waals surface area contributed by atoms with Crippen molar-refractivity contribution in [3.8, 4) is 0 Å². The van der Waals surface area contributed by atoms with E-state index in [0.29, 0.717) is 40.6 Å². The van der Waals surface area contributed by atoms with Gasteiger partial charge < -0.3 is 4.42 Å². The van der Waals surface area contributed by atoms with Crippen LogP contribution in [-0.4, -0.2) is 27.3 Å². The SMILES string of the molecule is Cc1c(C2=CN3C(=O)/C(=C/c4ccco4)N=C3C(Cc3ccccc3)=N2)cccc1[N+](=O)[O-]. The lowest BCUT2D eigenvalue weighted by atomic mass is 10.0. The van der Waals surface area contributed by atoms with Gasteiger partial charge in [-0.25, -0.2) is 9.98 Å². The van der Waals surface area contributed by atoms with Crippen molar-refractivity contribution < 1.29 is 14.1 Å². The van der Waals surface area contributed by atoms with Crippen LogP contribution >= 0.6 is 0 Å². The third-order valence-electron chi connectivity index (χ3n) is 5.47. The molecule has 0 aliphatic carbocycles. The van der Waals surface area contributed by atoms with E-state index in [-0.39, 0.29) is 17.3 Å². The molecule has 8 nitrogen and oxygen atoms in total. The van der Waals surface area contributed by atoms with Gasteiger partial charge in [-0.1, -0.05) is 42.5 Å². The van der Waals surface area contributed by atoms with Crippen molar-refractivity contribution in [2.45, 2.75) is 13.3 Å². The zero-order valence-electron chi connectivity index (χ0n) is 17.6. The summed E-state index contributed by atoms with van der Waals surface area (Å²) < 4.78 is 5.34. The molecule has 3 heterocycles. The average molecular weight is 438 g/mol. The van der Waals surface area contributed by atoms with Crippen LogP contribution in [0.25, 0.3) is 11.8 Å². The second kappa shape index (κ2) is 8.16. The number of hydrogen-bond donors (Lipinski definition) is 0. The van der Waals surface area contributed by atoms with Crippen molar-refractivity contribution in [3.63, 3.8) is 0 Å². The van der Waals surface area contributed by atoms with Crippen LogP contribution in [-0.2, 0) is 11.2 Å². The Balaban J connectivity index is 1.62. The molecule has 2 aliphatic rings. The van der Waals surface area contributed by atoms with E-state index < -0.39 is 4.92 Å². The highest BCUT2D eigenvalue weighted by Gasteiger charge is 2.35. The summed E-state index contributed by atoms with van der Waals surface area (Å²) in [5.74, 6) is 0.638. The van der Waals surface area contributed by atoms with Gasteiger partial charge in [0.05, 0.1) is 22.6 Å². The van der Waals surface area contributed by atoms with Crippen molar-refractivity contribution >= 4 is 34.9 Å². The standard InChI is InChI=1S/C25H18N4O4/c1-16-19(10-5-11-23(16)29(31)32)22-15-28-24(20(26-22)13-17-7-3-2-4-8-17)27-21(25(28)30)14-18-9-6-12-33-18/h2-12,14-15H,13H2,1H3/b21-14-. The Morgan fingerprint density at radius 3 is 2.61 bits per heavy atom. The summed E-state index contributed by atoms with van der Waals surface area (Å²) in [4.78, 5) is 35.0. The van der Waals surface area contributed by atoms with Gasteiger partial charge in [0.25, 0.3) is 11.6 Å². The van der Waals surface area contributed by atoms with Gasteiger partial charge >= 0.3 is 0 Å². The third kappa shape index (κ3) is 3.78. The number of benzene rings is 2. The van der Waals surface area contributed by atoms with E-state index in [0.717, 1.165) is 5.56 Å². The number of hydrogen-bond acceptors (Lipinski definition) is 6. The highest BCUT2D eigenvalue weighted by Crippen LogP contribution is 2.32. The molecule has 8 heteroatoms. The minimum Gasteiger partial charge on any atom is -0.465 e. The van der Waals surface area contributed by atoms with E-state index in [1.165, 1.54) is 17.2 Å². The molecule has 0 bridgehead atoms. The van der Waals surface area contributed by atoms with Crippen LogP contribution in [0, 0.1) is 17.0 Å². The summed E-state index contributed by atoms with van der Waals surface area (Å²) in [6.07, 6.45) is 5.14. The largest absolute Gasteiger partial charge is 0.465 e. The predicted octanol–water partition coefficient (Wildman–Crippen LogP) is 4.77. The van der Waals surface area contributed by atoms with Crippen LogP contribution in [0.1, 0.15) is 22.5 Å². The topological polar surface area (TPSA) is 101 Å². The molecule has 3 aromatic rings. The Bertz CT molecular complexity index is 1380. The number of nitrogens with zero attached hydrogens (tertiary/aromatic N) is 4. The maximum absolute atomic E-state index is 13.2. The van der Waals surface area contributed by atoms with Crippen LogP contribution in [0.15, 0.2) is 93.2 Å². The number of furan rings is 1. The lowest BCUT2D eigenvalue weighted by molar-refractivity contribution is -0.385. The van der Waals surface area contributed by atoms with E-state index in [4.69, 9.17) is 9.41 Å². The summed E-state index contributed by atoms with van der Waals surface area (Å²) in [5, 5.41) is 11.4. The molecule has 0 saturated carbocycles. The first-order valence-electron chi connectivity index (χ1n) is 10.3. The first kappa shape index (κ1) is 20.3. The molecule has 33 heavy (non-hydrogen) atoms. The molecule has 0 saturated heterocycles. The zero-order valence-corrected chi connectivity index (χ0v) is 17.6. The van der Waals surface area contributed by atoms with Crippen molar-refractivity contribution in [2.24, 2.45) is 9.98 Å². The molecule has 1 aromatic heterocycles. The molecule has 1 amide bonds. The first-order valence-corrected chi connectivity index (χ1v) is 10.3. The van der Waals surface area contributed by atoms with E-state index in [1.807, 2.05) is 30.3 Å². The number of aliphatic imine (C=N–C) groups is 2. The lowest BCUT2D eigenvalue weighted by Crippen LogP contribution is -2.36. The van der Waals surface area contributed by atoms with Gasteiger partial charge in [0.15, 0.2) is 5.84 Å². The molecule has 0 spiro atoms. The number of amidine groups is 1. The maximum atomic E-state index is 13.2. The van der Waals surface area contributed by atoms with Gasteiger partial charge in [-0.05, 0) is 24.6 Å². The normalized spacial score (nSPS) is 16.4. The van der Waals surface area contributed by atoms with Crippen LogP contribution in [0.3, 0.4) is 0 Å². The number of fused-ring (bicyclic) bond motifs is 1. The lowest BCUT2D eigenvalue weighted by Gasteiger charge is -2.22. The summed E-state index contributed by atoms with van der Waals surface area (Å²) in [5.41, 5.74) is 3.37. The molecule has 162 valence electrons. The molecule has 5 rings (SSSR count). The average Bonchev–Trinajstić information content (AvgIpc) is 3.43. The van der Waals surface area contributed by atoms with Gasteiger partial charge in [-0.2, -0.15) is 0 Å². The molecule has 2 aliphatic heterocycles.